The van der Waals surface area contributed by atoms with Crippen molar-refractivity contribution in [2.75, 3.05) is 105 Å². The number of carbonyl (C=O) groups is 2. The maximum Gasteiger partial charge on any atom is 0.240 e. The van der Waals surface area contributed by atoms with Crippen LogP contribution in [0.1, 0.15) is 106 Å². The molecule has 4 aliphatic rings. The average Bonchev–Trinajstić information content (AvgIpc) is 4.22. The van der Waals surface area contributed by atoms with Crippen LogP contribution >= 0.6 is 0 Å². The van der Waals surface area contributed by atoms with Gasteiger partial charge in [0.15, 0.2) is 0 Å². The first-order chi connectivity index (χ1) is 39.2. The van der Waals surface area contributed by atoms with Crippen LogP contribution in [0.15, 0.2) is 107 Å². The van der Waals surface area contributed by atoms with Gasteiger partial charge >= 0.3 is 0 Å². The van der Waals surface area contributed by atoms with E-state index in [2.05, 4.69) is 66.3 Å². The Labute approximate surface area is 479 Å². The number of nitrogens with zero attached hydrogens (tertiary/aromatic N) is 2. The molecule has 0 aromatic heterocycles. The molecule has 6 N–H and O–H groups in total. The van der Waals surface area contributed by atoms with Crippen LogP contribution < -0.4 is 35.3 Å². The second-order valence-electron chi connectivity index (χ2n) is 21.8. The number of hydrogen-bond acceptors (Lipinski definition) is 15. The number of benzene rings is 4. The Morgan fingerprint density at radius 3 is 1.25 bits per heavy atom. The number of ether oxygens (including phenoxy) is 6. The zero-order valence-electron chi connectivity index (χ0n) is 47.0. The zero-order valence-corrected chi connectivity index (χ0v) is 48.7. The fourth-order valence-corrected chi connectivity index (χ4v) is 13.1. The predicted molar refractivity (Wildman–Crippen MR) is 309 cm³/mol. The Bertz CT molecular complexity index is 2630. The number of hydrogen-bond donors (Lipinski definition) is 5. The highest BCUT2D eigenvalue weighted by Gasteiger charge is 2.40. The molecular weight excluding hydrogens is 1070 g/mol. The van der Waals surface area contributed by atoms with Crippen LogP contribution in [0.5, 0.6) is 11.5 Å². The lowest BCUT2D eigenvalue weighted by atomic mass is 9.91. The number of nitrogens with one attached hydrogen (secondary N) is 4. The Morgan fingerprint density at radius 2 is 0.864 bits per heavy atom. The van der Waals surface area contributed by atoms with Gasteiger partial charge in [0.25, 0.3) is 0 Å². The van der Waals surface area contributed by atoms with Gasteiger partial charge in [-0.1, -0.05) is 61.4 Å². The summed E-state index contributed by atoms with van der Waals surface area (Å²) in [6.45, 7) is 8.81. The lowest BCUT2D eigenvalue weighted by molar-refractivity contribution is -0.121. The van der Waals surface area contributed by atoms with Crippen molar-refractivity contribution < 1.29 is 54.8 Å². The van der Waals surface area contributed by atoms with Gasteiger partial charge < -0.3 is 44.8 Å². The first kappa shape index (κ1) is 62.0. The van der Waals surface area contributed by atoms with Gasteiger partial charge in [0.1, 0.15) is 23.7 Å². The number of rotatable bonds is 34. The molecule has 0 radical (unpaired) electrons. The van der Waals surface area contributed by atoms with Crippen molar-refractivity contribution >= 4 is 31.9 Å². The van der Waals surface area contributed by atoms with Crippen LogP contribution in [0.4, 0.5) is 0 Å². The van der Waals surface area contributed by atoms with E-state index in [1.54, 1.807) is 48.5 Å². The average molecular weight is 1160 g/mol. The molecule has 8 rings (SSSR count). The summed E-state index contributed by atoms with van der Waals surface area (Å²) in [5.74, 6) is 0.919. The zero-order chi connectivity index (χ0) is 56.9. The van der Waals surface area contributed by atoms with Crippen LogP contribution in [-0.4, -0.2) is 161 Å². The third-order valence-corrected chi connectivity index (χ3v) is 18.6. The molecule has 2 aliphatic heterocycles. The van der Waals surface area contributed by atoms with Crippen LogP contribution in [0.3, 0.4) is 0 Å². The Balaban J connectivity index is 0.590. The van der Waals surface area contributed by atoms with Gasteiger partial charge in [0.2, 0.25) is 31.9 Å². The Kier molecular flexibility index (Phi) is 23.8. The number of sulfonamides is 2. The van der Waals surface area contributed by atoms with Crippen molar-refractivity contribution in [3.8, 4) is 11.5 Å². The summed E-state index contributed by atoms with van der Waals surface area (Å²) in [6.07, 6.45) is 10.1. The van der Waals surface area contributed by atoms with Crippen molar-refractivity contribution in [3.63, 3.8) is 0 Å². The first-order valence-electron chi connectivity index (χ1n) is 29.0. The number of piperidine rings is 2. The van der Waals surface area contributed by atoms with Gasteiger partial charge in [0, 0.05) is 44.6 Å². The lowest BCUT2D eigenvalue weighted by Crippen LogP contribution is -2.43. The molecule has 21 heteroatoms. The van der Waals surface area contributed by atoms with E-state index in [1.165, 1.54) is 60.8 Å². The topological polar surface area (TPSA) is 238 Å². The first-order valence-corrected chi connectivity index (χ1v) is 32.0. The number of fused-ring (bicyclic) bond motifs is 2. The van der Waals surface area contributed by atoms with E-state index in [0.717, 1.165) is 39.0 Å². The molecule has 5 atom stereocenters. The predicted octanol–water partition coefficient (Wildman–Crippen LogP) is 5.58. The summed E-state index contributed by atoms with van der Waals surface area (Å²) in [7, 11) is -7.50. The summed E-state index contributed by atoms with van der Waals surface area (Å²) in [6, 6.07) is 30.5. The third kappa shape index (κ3) is 19.0. The summed E-state index contributed by atoms with van der Waals surface area (Å²) >= 11 is 0. The highest BCUT2D eigenvalue weighted by molar-refractivity contribution is 7.89. The fourth-order valence-electron chi connectivity index (χ4n) is 11.1. The van der Waals surface area contributed by atoms with Gasteiger partial charge in [-0.05, 0) is 155 Å². The normalized spacial score (nSPS) is 20.3. The van der Waals surface area contributed by atoms with Gasteiger partial charge in [0.05, 0.1) is 74.7 Å². The third-order valence-electron chi connectivity index (χ3n) is 15.6. The minimum atomic E-state index is -3.75. The molecule has 2 aliphatic carbocycles. The molecule has 4 aromatic carbocycles. The lowest BCUT2D eigenvalue weighted by Gasteiger charge is -2.35. The Hall–Kier alpha value is -5.04. The Morgan fingerprint density at radius 1 is 0.506 bits per heavy atom. The minimum Gasteiger partial charge on any atom is -0.484 e. The second-order valence-corrected chi connectivity index (χ2v) is 25.3. The number of carbonyl (C=O) groups excluding carboxylic acids is 2. The number of nitrogens with two attached hydrogens (primary N) is 1. The molecule has 2 amide bonds. The molecular formula is C60H85N7O12S2. The molecule has 0 saturated carbocycles. The molecule has 2 unspecified atom stereocenters. The molecule has 0 bridgehead atoms. The second kappa shape index (κ2) is 31.0. The standard InChI is InChI=1S/C60H85N7O12S2/c1-60(61,26-24-56(68)62-28-36-74-40-42-76-38-30-64-80(70,71)50-20-16-48(17-21-50)78-58-52-14-6-4-12-46(52)44-54(58)66-32-8-2-9-33-66)27-25-57(69)63-29-37-75-41-43-77-39-31-65-81(72,73)51-22-18-49(19-23-51)79-59-53-15-7-5-13-47(53)45-55(59)67-34-10-3-11-35-67/h4-7,12-23,54-55,58-59,64-65H,2-3,8-11,24-45,61H2,1H3,(H,62,68)(H,63,69)/t54-,55?,58-,59-,60?/m0/s1. The van der Waals surface area contributed by atoms with Crippen molar-refractivity contribution in [3.05, 3.63) is 119 Å². The minimum absolute atomic E-state index is 0.0927. The molecule has 2 heterocycles. The summed E-state index contributed by atoms with van der Waals surface area (Å²) < 4.78 is 92.5. The monoisotopic (exact) mass is 1160 g/mol. The molecule has 444 valence electrons. The maximum absolute atomic E-state index is 13.0. The van der Waals surface area contributed by atoms with Crippen LogP contribution in [0, 0.1) is 0 Å². The largest absolute Gasteiger partial charge is 0.484 e. The van der Waals surface area contributed by atoms with Crippen LogP contribution in [0.2, 0.25) is 0 Å². The van der Waals surface area contributed by atoms with E-state index in [9.17, 15) is 26.4 Å². The summed E-state index contributed by atoms with van der Waals surface area (Å²) in [5.41, 5.74) is 10.7. The van der Waals surface area contributed by atoms with Crippen molar-refractivity contribution in [2.45, 2.75) is 124 Å². The quantitative estimate of drug-likeness (QED) is 0.0359. The molecule has 81 heavy (non-hydrogen) atoms. The fraction of sp³-hybridized carbons (Fsp3) is 0.567. The van der Waals surface area contributed by atoms with E-state index in [1.807, 2.05) is 19.1 Å². The van der Waals surface area contributed by atoms with E-state index < -0.39 is 25.6 Å². The number of likely N-dealkylation sites (tertiary alicyclic amines) is 2. The molecule has 4 aromatic rings. The van der Waals surface area contributed by atoms with Crippen molar-refractivity contribution in [1.82, 2.24) is 29.9 Å². The molecule has 19 nitrogen and oxygen atoms in total. The highest BCUT2D eigenvalue weighted by atomic mass is 32.2. The van der Waals surface area contributed by atoms with Gasteiger partial charge in [-0.3, -0.25) is 19.4 Å². The van der Waals surface area contributed by atoms with Crippen molar-refractivity contribution in [1.29, 1.82) is 0 Å². The SMILES string of the molecule is CC(N)(CCC(=O)NCCOCCOCCNS(=O)(=O)c1ccc(O[C@H]2c3ccccc3CC2N2CCCCC2)cc1)CCC(=O)NCCOCCOCCNS(=O)(=O)c1ccc(O[C@H]2c3ccccc3C[C@@H]2N2CCCCC2)cc1. The van der Waals surface area contributed by atoms with Crippen LogP contribution in [-0.2, 0) is 61.4 Å². The van der Waals surface area contributed by atoms with Gasteiger partial charge in [-0.15, -0.1) is 0 Å². The molecule has 0 spiro atoms. The highest BCUT2D eigenvalue weighted by Crippen LogP contribution is 2.41. The van der Waals surface area contributed by atoms with Gasteiger partial charge in [-0.2, -0.15) is 0 Å². The van der Waals surface area contributed by atoms with E-state index in [-0.39, 0.29) is 125 Å². The molecule has 2 fully saturated rings. The summed E-state index contributed by atoms with van der Waals surface area (Å²) in [5, 5.41) is 5.63. The van der Waals surface area contributed by atoms with E-state index in [4.69, 9.17) is 34.2 Å². The van der Waals surface area contributed by atoms with Crippen molar-refractivity contribution in [2.24, 2.45) is 5.73 Å². The summed E-state index contributed by atoms with van der Waals surface area (Å²) in [4.78, 5) is 30.3. The molecule has 2 saturated heterocycles. The van der Waals surface area contributed by atoms with E-state index >= 15 is 0 Å². The van der Waals surface area contributed by atoms with E-state index in [0.29, 0.717) is 37.4 Å². The smallest absolute Gasteiger partial charge is 0.240 e. The van der Waals surface area contributed by atoms with Gasteiger partial charge in [-0.25, -0.2) is 26.3 Å². The van der Waals surface area contributed by atoms with Crippen LogP contribution in [0.25, 0.3) is 0 Å². The maximum atomic E-state index is 13.0. The number of amides is 2.